The number of para-hydroxylation sites is 1. The second-order valence-electron chi connectivity index (χ2n) is 5.27. The molecule has 1 amide bonds. The summed E-state index contributed by atoms with van der Waals surface area (Å²) in [5.41, 5.74) is 7.89. The fraction of sp³-hybridized carbons (Fsp3) is 0.333. The van der Waals surface area contributed by atoms with Crippen LogP contribution in [-0.4, -0.2) is 17.4 Å². The number of nitrogens with two attached hydrogens (primary N) is 1. The standard InChI is InChI=1S/C15H17N3O/c1-10-5-6-11-3-2-4-12(13(11)17-10)18-14(19)15(9-16)7-8-15/h2-6H,7-9,16H2,1H3,(H,18,19). The summed E-state index contributed by atoms with van der Waals surface area (Å²) in [6.07, 6.45) is 1.76. The van der Waals surface area contributed by atoms with E-state index in [2.05, 4.69) is 10.3 Å². The molecule has 2 aromatic rings. The largest absolute Gasteiger partial charge is 0.329 e. The summed E-state index contributed by atoms with van der Waals surface area (Å²) < 4.78 is 0. The maximum absolute atomic E-state index is 12.2. The monoisotopic (exact) mass is 255 g/mol. The Morgan fingerprint density at radius 1 is 1.37 bits per heavy atom. The number of carbonyl (C=O) groups is 1. The number of fused-ring (bicyclic) bond motifs is 1. The number of rotatable bonds is 3. The van der Waals surface area contributed by atoms with Gasteiger partial charge in [0.2, 0.25) is 5.91 Å². The first-order valence-corrected chi connectivity index (χ1v) is 6.52. The number of anilines is 1. The van der Waals surface area contributed by atoms with Gasteiger partial charge in [-0.3, -0.25) is 9.78 Å². The van der Waals surface area contributed by atoms with E-state index in [-0.39, 0.29) is 11.3 Å². The van der Waals surface area contributed by atoms with Crippen LogP contribution in [0.25, 0.3) is 10.9 Å². The van der Waals surface area contributed by atoms with Gasteiger partial charge < -0.3 is 11.1 Å². The number of pyridine rings is 1. The van der Waals surface area contributed by atoms with Gasteiger partial charge in [0.05, 0.1) is 16.6 Å². The second-order valence-corrected chi connectivity index (χ2v) is 5.27. The van der Waals surface area contributed by atoms with E-state index in [1.807, 2.05) is 37.3 Å². The van der Waals surface area contributed by atoms with Gasteiger partial charge in [0.25, 0.3) is 0 Å². The van der Waals surface area contributed by atoms with Crippen molar-refractivity contribution >= 4 is 22.5 Å². The van der Waals surface area contributed by atoms with E-state index in [9.17, 15) is 4.79 Å². The average Bonchev–Trinajstić information content (AvgIpc) is 3.20. The minimum Gasteiger partial charge on any atom is -0.329 e. The van der Waals surface area contributed by atoms with Crippen molar-refractivity contribution in [3.05, 3.63) is 36.0 Å². The lowest BCUT2D eigenvalue weighted by molar-refractivity contribution is -0.120. The fourth-order valence-electron chi connectivity index (χ4n) is 2.28. The van der Waals surface area contributed by atoms with Crippen molar-refractivity contribution in [3.63, 3.8) is 0 Å². The molecule has 1 saturated carbocycles. The maximum Gasteiger partial charge on any atom is 0.231 e. The van der Waals surface area contributed by atoms with Crippen LogP contribution >= 0.6 is 0 Å². The average molecular weight is 255 g/mol. The van der Waals surface area contributed by atoms with Gasteiger partial charge in [-0.15, -0.1) is 0 Å². The number of benzene rings is 1. The topological polar surface area (TPSA) is 68.0 Å². The molecule has 0 bridgehead atoms. The molecule has 98 valence electrons. The van der Waals surface area contributed by atoms with Crippen LogP contribution in [0.15, 0.2) is 30.3 Å². The summed E-state index contributed by atoms with van der Waals surface area (Å²) in [6.45, 7) is 2.36. The molecule has 3 rings (SSSR count). The lowest BCUT2D eigenvalue weighted by Gasteiger charge is -2.14. The van der Waals surface area contributed by atoms with Gasteiger partial charge in [-0.2, -0.15) is 0 Å². The van der Waals surface area contributed by atoms with Crippen molar-refractivity contribution in [2.24, 2.45) is 11.1 Å². The predicted octanol–water partition coefficient (Wildman–Crippen LogP) is 2.22. The molecule has 1 aromatic carbocycles. The van der Waals surface area contributed by atoms with E-state index in [4.69, 9.17) is 5.73 Å². The van der Waals surface area contributed by atoms with Crippen LogP contribution in [-0.2, 0) is 4.79 Å². The Bertz CT molecular complexity index is 647. The van der Waals surface area contributed by atoms with E-state index >= 15 is 0 Å². The molecule has 3 N–H and O–H groups in total. The van der Waals surface area contributed by atoms with Crippen molar-refractivity contribution in [2.75, 3.05) is 11.9 Å². The van der Waals surface area contributed by atoms with Crippen LogP contribution in [0.5, 0.6) is 0 Å². The highest BCUT2D eigenvalue weighted by molar-refractivity contribution is 6.03. The zero-order valence-corrected chi connectivity index (χ0v) is 10.9. The first-order chi connectivity index (χ1) is 9.14. The van der Waals surface area contributed by atoms with Crippen molar-refractivity contribution in [1.82, 2.24) is 4.98 Å². The van der Waals surface area contributed by atoms with E-state index in [0.29, 0.717) is 6.54 Å². The molecule has 0 atom stereocenters. The van der Waals surface area contributed by atoms with Crippen LogP contribution in [0, 0.1) is 12.3 Å². The zero-order valence-electron chi connectivity index (χ0n) is 10.9. The zero-order chi connectivity index (χ0) is 13.5. The van der Waals surface area contributed by atoms with Gasteiger partial charge >= 0.3 is 0 Å². The molecule has 4 heteroatoms. The Labute approximate surface area is 112 Å². The van der Waals surface area contributed by atoms with Gasteiger partial charge in [-0.25, -0.2) is 0 Å². The number of nitrogens with zero attached hydrogens (tertiary/aromatic N) is 1. The lowest BCUT2D eigenvalue weighted by Crippen LogP contribution is -2.30. The molecule has 1 aliphatic carbocycles. The third-order valence-corrected chi connectivity index (χ3v) is 3.83. The van der Waals surface area contributed by atoms with Gasteiger partial charge in [0.1, 0.15) is 0 Å². The minimum absolute atomic E-state index is 0.0193. The molecule has 0 unspecified atom stereocenters. The molecular formula is C15H17N3O. The quantitative estimate of drug-likeness (QED) is 0.883. The third kappa shape index (κ3) is 2.08. The van der Waals surface area contributed by atoms with Crippen LogP contribution in [0.3, 0.4) is 0 Å². The summed E-state index contributed by atoms with van der Waals surface area (Å²) in [5, 5.41) is 4.01. The van der Waals surface area contributed by atoms with E-state index in [0.717, 1.165) is 35.1 Å². The summed E-state index contributed by atoms with van der Waals surface area (Å²) in [5.74, 6) is 0.0193. The lowest BCUT2D eigenvalue weighted by atomic mass is 10.1. The van der Waals surface area contributed by atoms with Gasteiger partial charge in [0, 0.05) is 17.6 Å². The van der Waals surface area contributed by atoms with Crippen molar-refractivity contribution in [1.29, 1.82) is 0 Å². The number of carbonyl (C=O) groups excluding carboxylic acids is 1. The molecule has 0 radical (unpaired) electrons. The summed E-state index contributed by atoms with van der Waals surface area (Å²) in [6, 6.07) is 9.79. The normalized spacial score (nSPS) is 16.3. The summed E-state index contributed by atoms with van der Waals surface area (Å²) >= 11 is 0. The molecule has 0 aliphatic heterocycles. The van der Waals surface area contributed by atoms with Crippen LogP contribution in [0.1, 0.15) is 18.5 Å². The number of amides is 1. The van der Waals surface area contributed by atoms with Crippen LogP contribution in [0.2, 0.25) is 0 Å². The van der Waals surface area contributed by atoms with Gasteiger partial charge in [-0.1, -0.05) is 18.2 Å². The molecular weight excluding hydrogens is 238 g/mol. The SMILES string of the molecule is Cc1ccc2cccc(NC(=O)C3(CN)CC3)c2n1. The van der Waals surface area contributed by atoms with Crippen molar-refractivity contribution in [3.8, 4) is 0 Å². The number of aryl methyl sites for hydroxylation is 1. The van der Waals surface area contributed by atoms with E-state index in [1.165, 1.54) is 0 Å². The predicted molar refractivity (Wildman–Crippen MR) is 75.8 cm³/mol. The third-order valence-electron chi connectivity index (χ3n) is 3.83. The van der Waals surface area contributed by atoms with Gasteiger partial charge in [0.15, 0.2) is 0 Å². The van der Waals surface area contributed by atoms with Crippen LogP contribution in [0.4, 0.5) is 5.69 Å². The Morgan fingerprint density at radius 2 is 2.16 bits per heavy atom. The summed E-state index contributed by atoms with van der Waals surface area (Å²) in [7, 11) is 0. The number of aromatic nitrogens is 1. The molecule has 19 heavy (non-hydrogen) atoms. The number of hydrogen-bond donors (Lipinski definition) is 2. The summed E-state index contributed by atoms with van der Waals surface area (Å²) in [4.78, 5) is 16.7. The molecule has 0 spiro atoms. The van der Waals surface area contributed by atoms with Crippen LogP contribution < -0.4 is 11.1 Å². The molecule has 1 aliphatic rings. The highest BCUT2D eigenvalue weighted by Crippen LogP contribution is 2.45. The van der Waals surface area contributed by atoms with Crippen molar-refractivity contribution < 1.29 is 4.79 Å². The molecule has 1 heterocycles. The number of nitrogens with one attached hydrogen (secondary N) is 1. The first-order valence-electron chi connectivity index (χ1n) is 6.52. The van der Waals surface area contributed by atoms with E-state index < -0.39 is 0 Å². The minimum atomic E-state index is -0.341. The highest BCUT2D eigenvalue weighted by Gasteiger charge is 2.48. The first kappa shape index (κ1) is 12.1. The molecule has 1 aromatic heterocycles. The smallest absolute Gasteiger partial charge is 0.231 e. The maximum atomic E-state index is 12.2. The highest BCUT2D eigenvalue weighted by atomic mass is 16.2. The van der Waals surface area contributed by atoms with E-state index in [1.54, 1.807) is 0 Å². The fourth-order valence-corrected chi connectivity index (χ4v) is 2.28. The second kappa shape index (κ2) is 4.31. The van der Waals surface area contributed by atoms with Gasteiger partial charge in [-0.05, 0) is 31.9 Å². The Morgan fingerprint density at radius 3 is 2.84 bits per heavy atom. The Balaban J connectivity index is 1.97. The van der Waals surface area contributed by atoms with Crippen molar-refractivity contribution in [2.45, 2.75) is 19.8 Å². The molecule has 0 saturated heterocycles. The molecule has 1 fully saturated rings. The number of hydrogen-bond acceptors (Lipinski definition) is 3. The molecule has 4 nitrogen and oxygen atoms in total. The Hall–Kier alpha value is -1.94. The Kier molecular flexibility index (Phi) is 2.75.